The van der Waals surface area contributed by atoms with Crippen LogP contribution in [-0.4, -0.2) is 65.3 Å². The van der Waals surface area contributed by atoms with Crippen LogP contribution in [0.5, 0.6) is 0 Å². The predicted molar refractivity (Wildman–Crippen MR) is 90.6 cm³/mol. The first-order chi connectivity index (χ1) is 10.9. The topological polar surface area (TPSA) is 66.0 Å². The Labute approximate surface area is 141 Å². The molecular formula is C17H35NO5. The molecule has 0 atom stereocenters. The van der Waals surface area contributed by atoms with Crippen LogP contribution in [0, 0.1) is 5.41 Å². The second-order valence-corrected chi connectivity index (χ2v) is 6.60. The Bertz CT molecular complexity index is 279. The van der Waals surface area contributed by atoms with Gasteiger partial charge in [-0.2, -0.15) is 0 Å². The highest BCUT2D eigenvalue weighted by molar-refractivity contribution is 5.72. The molecule has 0 fully saturated rings. The molecule has 6 heteroatoms. The Morgan fingerprint density at radius 2 is 1.22 bits per heavy atom. The predicted octanol–water partition coefficient (Wildman–Crippen LogP) is 2.02. The molecule has 1 N–H and O–H groups in total. The Morgan fingerprint density at radius 1 is 0.783 bits per heavy atom. The van der Waals surface area contributed by atoms with Gasteiger partial charge in [-0.3, -0.25) is 4.79 Å². The highest BCUT2D eigenvalue weighted by Crippen LogP contribution is 2.20. The summed E-state index contributed by atoms with van der Waals surface area (Å²) in [5.41, 5.74) is 0.380. The molecule has 0 saturated carbocycles. The van der Waals surface area contributed by atoms with E-state index in [-0.39, 0.29) is 5.91 Å². The molecule has 0 saturated heterocycles. The maximum atomic E-state index is 10.6. The fourth-order valence-corrected chi connectivity index (χ4v) is 1.77. The van der Waals surface area contributed by atoms with E-state index in [4.69, 9.17) is 18.9 Å². The highest BCUT2D eigenvalue weighted by Gasteiger charge is 2.08. The Hall–Kier alpha value is -0.690. The lowest BCUT2D eigenvalue weighted by atomic mass is 9.91. The monoisotopic (exact) mass is 333 g/mol. The molecule has 0 spiro atoms. The van der Waals surface area contributed by atoms with Gasteiger partial charge >= 0.3 is 0 Å². The van der Waals surface area contributed by atoms with Crippen molar-refractivity contribution in [2.24, 2.45) is 5.41 Å². The standard InChI is InChI=1S/C17H35NO5/c1-16(19)18-7-9-21-11-13-23-15-14-22-12-10-20-8-5-6-17(2,3)4/h5-15H2,1-4H3,(H,18,19). The molecule has 0 aromatic rings. The number of ether oxygens (including phenoxy) is 4. The van der Waals surface area contributed by atoms with Crippen molar-refractivity contribution >= 4 is 5.91 Å². The summed E-state index contributed by atoms with van der Waals surface area (Å²) in [5.74, 6) is -0.0415. The zero-order valence-electron chi connectivity index (χ0n) is 15.3. The summed E-state index contributed by atoms with van der Waals surface area (Å²) >= 11 is 0. The van der Waals surface area contributed by atoms with Crippen molar-refractivity contribution in [2.45, 2.75) is 40.5 Å². The minimum atomic E-state index is -0.0415. The van der Waals surface area contributed by atoms with Gasteiger partial charge in [0.1, 0.15) is 0 Å². The molecule has 0 aliphatic rings. The van der Waals surface area contributed by atoms with E-state index in [1.54, 1.807) is 0 Å². The zero-order chi connectivity index (χ0) is 17.4. The first-order valence-corrected chi connectivity index (χ1v) is 8.47. The summed E-state index contributed by atoms with van der Waals surface area (Å²) < 4.78 is 21.6. The number of hydrogen-bond donors (Lipinski definition) is 1. The Morgan fingerprint density at radius 3 is 1.65 bits per heavy atom. The van der Waals surface area contributed by atoms with E-state index in [1.807, 2.05) is 0 Å². The third-order valence-electron chi connectivity index (χ3n) is 2.95. The van der Waals surface area contributed by atoms with Crippen molar-refractivity contribution in [1.29, 1.82) is 0 Å². The normalized spacial score (nSPS) is 11.7. The minimum absolute atomic E-state index is 0.0415. The third-order valence-corrected chi connectivity index (χ3v) is 2.95. The van der Waals surface area contributed by atoms with Crippen molar-refractivity contribution in [3.05, 3.63) is 0 Å². The van der Waals surface area contributed by atoms with Crippen LogP contribution in [0.3, 0.4) is 0 Å². The summed E-state index contributed by atoms with van der Waals surface area (Å²) in [6.45, 7) is 13.5. The van der Waals surface area contributed by atoms with Crippen LogP contribution >= 0.6 is 0 Å². The third kappa shape index (κ3) is 21.3. The molecule has 0 aromatic carbocycles. The molecule has 23 heavy (non-hydrogen) atoms. The molecule has 0 unspecified atom stereocenters. The largest absolute Gasteiger partial charge is 0.379 e. The van der Waals surface area contributed by atoms with Gasteiger partial charge in [0.25, 0.3) is 0 Å². The second kappa shape index (κ2) is 14.9. The molecule has 6 nitrogen and oxygen atoms in total. The molecule has 0 bridgehead atoms. The van der Waals surface area contributed by atoms with Crippen molar-refractivity contribution in [1.82, 2.24) is 5.32 Å². The van der Waals surface area contributed by atoms with Gasteiger partial charge in [-0.15, -0.1) is 0 Å². The molecule has 138 valence electrons. The number of nitrogens with one attached hydrogen (secondary N) is 1. The van der Waals surface area contributed by atoms with Gasteiger partial charge in [-0.1, -0.05) is 20.8 Å². The summed E-state index contributed by atoms with van der Waals surface area (Å²) in [5, 5.41) is 2.66. The van der Waals surface area contributed by atoms with Crippen LogP contribution < -0.4 is 5.32 Å². The zero-order valence-corrected chi connectivity index (χ0v) is 15.3. The van der Waals surface area contributed by atoms with Crippen LogP contribution in [0.15, 0.2) is 0 Å². The number of rotatable bonds is 15. The van der Waals surface area contributed by atoms with E-state index in [9.17, 15) is 4.79 Å². The van der Waals surface area contributed by atoms with Gasteiger partial charge in [0.15, 0.2) is 0 Å². The lowest BCUT2D eigenvalue weighted by molar-refractivity contribution is -0.119. The molecule has 0 aliphatic heterocycles. The first kappa shape index (κ1) is 22.3. The van der Waals surface area contributed by atoms with Gasteiger partial charge in [0, 0.05) is 20.1 Å². The fourth-order valence-electron chi connectivity index (χ4n) is 1.77. The number of amides is 1. The first-order valence-electron chi connectivity index (χ1n) is 8.47. The summed E-state index contributed by atoms with van der Waals surface area (Å²) in [4.78, 5) is 10.6. The van der Waals surface area contributed by atoms with Crippen LogP contribution in [0.4, 0.5) is 0 Å². The van der Waals surface area contributed by atoms with Gasteiger partial charge in [0.05, 0.1) is 46.2 Å². The summed E-state index contributed by atoms with van der Waals surface area (Å²) in [6.07, 6.45) is 2.27. The Balaban J connectivity index is 3.04. The number of carbonyl (C=O) groups excluding carboxylic acids is 1. The van der Waals surface area contributed by atoms with Crippen molar-refractivity contribution in [2.75, 3.05) is 59.4 Å². The van der Waals surface area contributed by atoms with E-state index in [1.165, 1.54) is 13.3 Å². The molecule has 0 aromatic heterocycles. The number of hydrogen-bond acceptors (Lipinski definition) is 5. The van der Waals surface area contributed by atoms with E-state index in [0.717, 1.165) is 13.0 Å². The maximum absolute atomic E-state index is 10.6. The van der Waals surface area contributed by atoms with Gasteiger partial charge in [-0.25, -0.2) is 0 Å². The Kier molecular flexibility index (Phi) is 14.4. The van der Waals surface area contributed by atoms with E-state index < -0.39 is 0 Å². The smallest absolute Gasteiger partial charge is 0.216 e. The second-order valence-electron chi connectivity index (χ2n) is 6.60. The van der Waals surface area contributed by atoms with Crippen LogP contribution in [0.1, 0.15) is 40.5 Å². The molecular weight excluding hydrogens is 298 g/mol. The quantitative estimate of drug-likeness (QED) is 0.464. The molecule has 1 amide bonds. The molecule has 0 rings (SSSR count). The van der Waals surface area contributed by atoms with Crippen LogP contribution in [0.2, 0.25) is 0 Å². The highest BCUT2D eigenvalue weighted by atomic mass is 16.6. The van der Waals surface area contributed by atoms with Crippen molar-refractivity contribution in [3.8, 4) is 0 Å². The molecule has 0 radical (unpaired) electrons. The van der Waals surface area contributed by atoms with Gasteiger partial charge < -0.3 is 24.3 Å². The minimum Gasteiger partial charge on any atom is -0.379 e. The van der Waals surface area contributed by atoms with Gasteiger partial charge in [0.2, 0.25) is 5.91 Å². The number of carbonyl (C=O) groups is 1. The average Bonchev–Trinajstić information content (AvgIpc) is 2.45. The lowest BCUT2D eigenvalue weighted by Gasteiger charge is -2.17. The SMILES string of the molecule is CC(=O)NCCOCCOCCOCCOCCCC(C)(C)C. The fraction of sp³-hybridized carbons (Fsp3) is 0.941. The van der Waals surface area contributed by atoms with E-state index in [0.29, 0.717) is 58.2 Å². The average molecular weight is 333 g/mol. The van der Waals surface area contributed by atoms with E-state index in [2.05, 4.69) is 26.1 Å². The summed E-state index contributed by atoms with van der Waals surface area (Å²) in [7, 11) is 0. The summed E-state index contributed by atoms with van der Waals surface area (Å²) in [6, 6.07) is 0. The van der Waals surface area contributed by atoms with Crippen molar-refractivity contribution in [3.63, 3.8) is 0 Å². The lowest BCUT2D eigenvalue weighted by Crippen LogP contribution is -2.25. The molecule has 0 heterocycles. The van der Waals surface area contributed by atoms with Gasteiger partial charge in [-0.05, 0) is 18.3 Å². The maximum Gasteiger partial charge on any atom is 0.216 e. The van der Waals surface area contributed by atoms with Crippen molar-refractivity contribution < 1.29 is 23.7 Å². The van der Waals surface area contributed by atoms with Crippen LogP contribution in [-0.2, 0) is 23.7 Å². The molecule has 0 aliphatic carbocycles. The van der Waals surface area contributed by atoms with E-state index >= 15 is 0 Å². The van der Waals surface area contributed by atoms with Crippen LogP contribution in [0.25, 0.3) is 0 Å².